The van der Waals surface area contributed by atoms with E-state index in [1.54, 1.807) is 24.3 Å². The SMILES string of the molecule is C#Cc1ccc(NC(=O)CCCCCNC(C)=O)cc1. The fourth-order valence-corrected chi connectivity index (χ4v) is 1.73. The quantitative estimate of drug-likeness (QED) is 0.591. The Bertz CT molecular complexity index is 486. The van der Waals surface area contributed by atoms with Crippen LogP contribution in [0.15, 0.2) is 24.3 Å². The lowest BCUT2D eigenvalue weighted by atomic mass is 10.1. The van der Waals surface area contributed by atoms with Crippen molar-refractivity contribution in [3.8, 4) is 12.3 Å². The van der Waals surface area contributed by atoms with Gasteiger partial charge >= 0.3 is 0 Å². The predicted octanol–water partition coefficient (Wildman–Crippen LogP) is 2.30. The maximum absolute atomic E-state index is 11.7. The Morgan fingerprint density at radius 1 is 1.15 bits per heavy atom. The van der Waals surface area contributed by atoms with Gasteiger partial charge in [0, 0.05) is 31.1 Å². The number of terminal acetylenes is 1. The highest BCUT2D eigenvalue weighted by atomic mass is 16.2. The monoisotopic (exact) mass is 272 g/mol. The summed E-state index contributed by atoms with van der Waals surface area (Å²) in [5, 5.41) is 5.55. The number of anilines is 1. The lowest BCUT2D eigenvalue weighted by molar-refractivity contribution is -0.119. The third-order valence-electron chi connectivity index (χ3n) is 2.79. The van der Waals surface area contributed by atoms with Gasteiger partial charge in [-0.15, -0.1) is 6.42 Å². The van der Waals surface area contributed by atoms with E-state index in [2.05, 4.69) is 16.6 Å². The minimum Gasteiger partial charge on any atom is -0.356 e. The molecule has 0 aliphatic carbocycles. The Morgan fingerprint density at radius 2 is 1.85 bits per heavy atom. The second-order valence-corrected chi connectivity index (χ2v) is 4.56. The van der Waals surface area contributed by atoms with Crippen LogP contribution < -0.4 is 10.6 Å². The summed E-state index contributed by atoms with van der Waals surface area (Å²) in [7, 11) is 0. The summed E-state index contributed by atoms with van der Waals surface area (Å²) in [6.45, 7) is 2.17. The fourth-order valence-electron chi connectivity index (χ4n) is 1.73. The maximum Gasteiger partial charge on any atom is 0.224 e. The number of hydrogen-bond acceptors (Lipinski definition) is 2. The van der Waals surface area contributed by atoms with E-state index in [1.807, 2.05) is 0 Å². The van der Waals surface area contributed by atoms with Crippen LogP contribution in [0, 0.1) is 12.3 Å². The largest absolute Gasteiger partial charge is 0.356 e. The van der Waals surface area contributed by atoms with E-state index in [0.717, 1.165) is 30.5 Å². The second-order valence-electron chi connectivity index (χ2n) is 4.56. The number of benzene rings is 1. The lowest BCUT2D eigenvalue weighted by Crippen LogP contribution is -2.20. The molecule has 1 aromatic carbocycles. The van der Waals surface area contributed by atoms with Crippen molar-refractivity contribution in [2.24, 2.45) is 0 Å². The summed E-state index contributed by atoms with van der Waals surface area (Å²) in [5.41, 5.74) is 1.55. The van der Waals surface area contributed by atoms with E-state index < -0.39 is 0 Å². The molecule has 0 aliphatic heterocycles. The summed E-state index contributed by atoms with van der Waals surface area (Å²) < 4.78 is 0. The van der Waals surface area contributed by atoms with Gasteiger partial charge in [-0.3, -0.25) is 9.59 Å². The highest BCUT2D eigenvalue weighted by Gasteiger charge is 2.02. The van der Waals surface area contributed by atoms with Crippen molar-refractivity contribution in [1.82, 2.24) is 5.32 Å². The molecule has 1 aromatic rings. The number of amides is 2. The third-order valence-corrected chi connectivity index (χ3v) is 2.79. The van der Waals surface area contributed by atoms with Crippen LogP contribution in [0.3, 0.4) is 0 Å². The first kappa shape index (κ1) is 15.8. The van der Waals surface area contributed by atoms with E-state index >= 15 is 0 Å². The van der Waals surface area contributed by atoms with Gasteiger partial charge in [0.2, 0.25) is 11.8 Å². The average molecular weight is 272 g/mol. The van der Waals surface area contributed by atoms with Crippen molar-refractivity contribution in [1.29, 1.82) is 0 Å². The minimum absolute atomic E-state index is 0.00187. The van der Waals surface area contributed by atoms with Gasteiger partial charge < -0.3 is 10.6 Å². The summed E-state index contributed by atoms with van der Waals surface area (Å²) in [6.07, 6.45) is 8.37. The summed E-state index contributed by atoms with van der Waals surface area (Å²) in [4.78, 5) is 22.3. The van der Waals surface area contributed by atoms with Crippen LogP contribution in [0.5, 0.6) is 0 Å². The molecule has 0 aliphatic rings. The molecular formula is C16H20N2O2. The number of carbonyl (C=O) groups is 2. The Morgan fingerprint density at radius 3 is 2.45 bits per heavy atom. The highest BCUT2D eigenvalue weighted by molar-refractivity contribution is 5.90. The molecule has 0 fully saturated rings. The summed E-state index contributed by atoms with van der Waals surface area (Å²) in [6, 6.07) is 7.18. The number of unbranched alkanes of at least 4 members (excludes halogenated alkanes) is 2. The van der Waals surface area contributed by atoms with E-state index in [9.17, 15) is 9.59 Å². The van der Waals surface area contributed by atoms with Crippen molar-refractivity contribution in [2.75, 3.05) is 11.9 Å². The van der Waals surface area contributed by atoms with Crippen molar-refractivity contribution >= 4 is 17.5 Å². The lowest BCUT2D eigenvalue weighted by Gasteiger charge is -2.05. The molecule has 0 spiro atoms. The van der Waals surface area contributed by atoms with Crippen LogP contribution in [0.2, 0.25) is 0 Å². The molecule has 20 heavy (non-hydrogen) atoms. The average Bonchev–Trinajstić information content (AvgIpc) is 2.43. The molecule has 2 N–H and O–H groups in total. The van der Waals surface area contributed by atoms with Gasteiger partial charge in [0.05, 0.1) is 0 Å². The first-order valence-electron chi connectivity index (χ1n) is 6.73. The zero-order chi connectivity index (χ0) is 14.8. The standard InChI is InChI=1S/C16H20N2O2/c1-3-14-8-10-15(11-9-14)18-16(20)7-5-4-6-12-17-13(2)19/h1,8-11H,4-7,12H2,2H3,(H,17,19)(H,18,20). The van der Waals surface area contributed by atoms with Crippen molar-refractivity contribution < 1.29 is 9.59 Å². The van der Waals surface area contributed by atoms with Gasteiger partial charge in [0.25, 0.3) is 0 Å². The zero-order valence-corrected chi connectivity index (χ0v) is 11.7. The summed E-state index contributed by atoms with van der Waals surface area (Å²) in [5.74, 6) is 2.51. The number of hydrogen-bond donors (Lipinski definition) is 2. The topological polar surface area (TPSA) is 58.2 Å². The number of carbonyl (C=O) groups excluding carboxylic acids is 2. The molecule has 0 heterocycles. The van der Waals surface area contributed by atoms with Gasteiger partial charge in [0.1, 0.15) is 0 Å². The maximum atomic E-state index is 11.7. The molecule has 106 valence electrons. The Hall–Kier alpha value is -2.28. The van der Waals surface area contributed by atoms with Gasteiger partial charge in [-0.1, -0.05) is 12.3 Å². The van der Waals surface area contributed by atoms with Crippen LogP contribution in [0.4, 0.5) is 5.69 Å². The normalized spacial score (nSPS) is 9.60. The fraction of sp³-hybridized carbons (Fsp3) is 0.375. The molecule has 4 heteroatoms. The second kappa shape index (κ2) is 8.76. The van der Waals surface area contributed by atoms with E-state index in [-0.39, 0.29) is 11.8 Å². The molecule has 2 amide bonds. The van der Waals surface area contributed by atoms with Crippen molar-refractivity contribution in [3.05, 3.63) is 29.8 Å². The van der Waals surface area contributed by atoms with E-state index in [4.69, 9.17) is 6.42 Å². The van der Waals surface area contributed by atoms with Crippen LogP contribution in [0.1, 0.15) is 38.2 Å². The molecule has 1 rings (SSSR count). The van der Waals surface area contributed by atoms with Gasteiger partial charge in [-0.2, -0.15) is 0 Å². The van der Waals surface area contributed by atoms with Crippen molar-refractivity contribution in [3.63, 3.8) is 0 Å². The molecule has 0 unspecified atom stereocenters. The third kappa shape index (κ3) is 6.60. The predicted molar refractivity (Wildman–Crippen MR) is 80.2 cm³/mol. The molecule has 0 saturated heterocycles. The molecule has 0 bridgehead atoms. The first-order valence-corrected chi connectivity index (χ1v) is 6.73. The van der Waals surface area contributed by atoms with Crippen LogP contribution in [-0.2, 0) is 9.59 Å². The van der Waals surface area contributed by atoms with E-state index in [0.29, 0.717) is 13.0 Å². The first-order chi connectivity index (χ1) is 9.61. The molecule has 0 atom stereocenters. The Labute approximate surface area is 120 Å². The summed E-state index contributed by atoms with van der Waals surface area (Å²) >= 11 is 0. The molecule has 0 saturated carbocycles. The molecular weight excluding hydrogens is 252 g/mol. The van der Waals surface area contributed by atoms with E-state index in [1.165, 1.54) is 6.92 Å². The van der Waals surface area contributed by atoms with Gasteiger partial charge in [0.15, 0.2) is 0 Å². The Balaban J connectivity index is 2.17. The zero-order valence-electron chi connectivity index (χ0n) is 11.7. The highest BCUT2D eigenvalue weighted by Crippen LogP contribution is 2.10. The smallest absolute Gasteiger partial charge is 0.224 e. The number of rotatable bonds is 7. The van der Waals surface area contributed by atoms with Gasteiger partial charge in [-0.25, -0.2) is 0 Å². The van der Waals surface area contributed by atoms with Crippen LogP contribution in [0.25, 0.3) is 0 Å². The van der Waals surface area contributed by atoms with Crippen LogP contribution in [-0.4, -0.2) is 18.4 Å². The van der Waals surface area contributed by atoms with Gasteiger partial charge in [-0.05, 0) is 37.1 Å². The number of nitrogens with one attached hydrogen (secondary N) is 2. The van der Waals surface area contributed by atoms with Crippen molar-refractivity contribution in [2.45, 2.75) is 32.6 Å². The van der Waals surface area contributed by atoms with Crippen LogP contribution >= 0.6 is 0 Å². The molecule has 4 nitrogen and oxygen atoms in total. The Kier molecular flexibility index (Phi) is 6.91. The molecule has 0 radical (unpaired) electrons. The minimum atomic E-state index is -0.0156. The molecule has 0 aromatic heterocycles.